The summed E-state index contributed by atoms with van der Waals surface area (Å²) in [6, 6.07) is 4.74. The molecule has 0 heterocycles. The van der Waals surface area contributed by atoms with Gasteiger partial charge in [-0.3, -0.25) is 4.79 Å². The van der Waals surface area contributed by atoms with Gasteiger partial charge in [-0.25, -0.2) is 0 Å². The van der Waals surface area contributed by atoms with Crippen LogP contribution < -0.4 is 5.32 Å². The average molecular weight is 345 g/mol. The number of nitriles is 1. The maximum atomic E-state index is 12.8. The van der Waals surface area contributed by atoms with Gasteiger partial charge in [0.25, 0.3) is 0 Å². The monoisotopic (exact) mass is 344 g/mol. The second-order valence-corrected chi connectivity index (χ2v) is 6.15. The van der Waals surface area contributed by atoms with Gasteiger partial charge in [-0.2, -0.15) is 18.4 Å². The van der Waals surface area contributed by atoms with E-state index >= 15 is 0 Å². The number of carbonyl (C=O) groups excluding carboxylic acids is 1. The molecule has 0 amide bonds. The summed E-state index contributed by atoms with van der Waals surface area (Å²) < 4.78 is 38.4. The lowest BCUT2D eigenvalue weighted by Gasteiger charge is -2.29. The smallest absolute Gasteiger partial charge is 0.358 e. The third kappa shape index (κ3) is 4.73. The van der Waals surface area contributed by atoms with Crippen LogP contribution in [0.2, 0.25) is 0 Å². The molecular weight excluding hydrogens is 329 g/mol. The molecule has 0 saturated heterocycles. The molecule has 0 bridgehead atoms. The predicted molar refractivity (Wildman–Crippen MR) is 83.1 cm³/mol. The highest BCUT2D eigenvalue weighted by atomic mass is 35.5. The SMILES string of the molecule is CC1(C)CC(=O)C=C(Nc2cc(C(F)(F)F)ccc2C#N)C1.Cl. The third-order valence-electron chi connectivity index (χ3n) is 3.42. The lowest BCUT2D eigenvalue weighted by Crippen LogP contribution is -2.24. The molecule has 0 fully saturated rings. The van der Waals surface area contributed by atoms with Crippen LogP contribution in [-0.4, -0.2) is 5.78 Å². The number of ketones is 1. The maximum absolute atomic E-state index is 12.8. The van der Waals surface area contributed by atoms with E-state index in [-0.39, 0.29) is 34.9 Å². The van der Waals surface area contributed by atoms with E-state index in [1.165, 1.54) is 6.08 Å². The number of hydrogen-bond donors (Lipinski definition) is 1. The third-order valence-corrected chi connectivity index (χ3v) is 3.42. The van der Waals surface area contributed by atoms with Gasteiger partial charge in [-0.05, 0) is 30.0 Å². The fourth-order valence-corrected chi connectivity index (χ4v) is 2.52. The summed E-state index contributed by atoms with van der Waals surface area (Å²) in [5, 5.41) is 11.9. The number of halogens is 4. The fraction of sp³-hybridized carbons (Fsp3) is 0.375. The maximum Gasteiger partial charge on any atom is 0.416 e. The van der Waals surface area contributed by atoms with Crippen molar-refractivity contribution in [3.05, 3.63) is 41.1 Å². The Labute approximate surface area is 138 Å². The van der Waals surface area contributed by atoms with Gasteiger partial charge in [0.2, 0.25) is 0 Å². The summed E-state index contributed by atoms with van der Waals surface area (Å²) in [4.78, 5) is 11.7. The summed E-state index contributed by atoms with van der Waals surface area (Å²) in [6.07, 6.45) is -2.17. The van der Waals surface area contributed by atoms with Crippen molar-refractivity contribution >= 4 is 23.9 Å². The van der Waals surface area contributed by atoms with Gasteiger partial charge in [0.1, 0.15) is 6.07 Å². The zero-order valence-electron chi connectivity index (χ0n) is 12.6. The normalized spacial score (nSPS) is 16.9. The second kappa shape index (κ2) is 6.63. The van der Waals surface area contributed by atoms with E-state index in [0.717, 1.165) is 18.2 Å². The molecule has 1 aliphatic rings. The Morgan fingerprint density at radius 2 is 1.91 bits per heavy atom. The molecule has 0 spiro atoms. The standard InChI is InChI=1S/C16H15F3N2O.ClH/c1-15(2)7-12(6-13(22)8-15)21-14-5-11(16(17,18)19)4-3-10(14)9-20;/h3-6,21H,7-8H2,1-2H3;1H. The molecule has 1 aliphatic carbocycles. The van der Waals surface area contributed by atoms with Crippen molar-refractivity contribution in [3.8, 4) is 6.07 Å². The van der Waals surface area contributed by atoms with Crippen LogP contribution in [0, 0.1) is 16.7 Å². The molecule has 23 heavy (non-hydrogen) atoms. The number of alkyl halides is 3. The first-order valence-electron chi connectivity index (χ1n) is 6.72. The minimum absolute atomic E-state index is 0. The van der Waals surface area contributed by atoms with E-state index in [0.29, 0.717) is 18.5 Å². The predicted octanol–water partition coefficient (Wildman–Crippen LogP) is 4.68. The molecule has 124 valence electrons. The largest absolute Gasteiger partial charge is 0.416 e. The lowest BCUT2D eigenvalue weighted by molar-refractivity contribution is -0.137. The number of allylic oxidation sites excluding steroid dienone is 2. The first-order chi connectivity index (χ1) is 10.1. The summed E-state index contributed by atoms with van der Waals surface area (Å²) in [7, 11) is 0. The van der Waals surface area contributed by atoms with Crippen molar-refractivity contribution in [3.63, 3.8) is 0 Å². The van der Waals surface area contributed by atoms with Gasteiger partial charge in [-0.1, -0.05) is 13.8 Å². The molecule has 0 aliphatic heterocycles. The minimum atomic E-state index is -4.49. The van der Waals surface area contributed by atoms with Gasteiger partial charge >= 0.3 is 6.18 Å². The van der Waals surface area contributed by atoms with E-state index in [1.54, 1.807) is 0 Å². The summed E-state index contributed by atoms with van der Waals surface area (Å²) >= 11 is 0. The number of carbonyl (C=O) groups is 1. The van der Waals surface area contributed by atoms with Crippen LogP contribution in [-0.2, 0) is 11.0 Å². The van der Waals surface area contributed by atoms with E-state index in [2.05, 4.69) is 5.32 Å². The topological polar surface area (TPSA) is 52.9 Å². The average Bonchev–Trinajstić information content (AvgIpc) is 2.35. The summed E-state index contributed by atoms with van der Waals surface area (Å²) in [5.74, 6) is -0.0794. The Morgan fingerprint density at radius 3 is 2.43 bits per heavy atom. The van der Waals surface area contributed by atoms with Crippen LogP contribution >= 0.6 is 12.4 Å². The summed E-state index contributed by atoms with van der Waals surface area (Å²) in [5.41, 5.74) is -0.408. The molecule has 0 atom stereocenters. The van der Waals surface area contributed by atoms with Crippen molar-refractivity contribution < 1.29 is 18.0 Å². The number of nitrogens with one attached hydrogen (secondary N) is 1. The first kappa shape index (κ1) is 19.0. The number of anilines is 1. The molecule has 0 unspecified atom stereocenters. The van der Waals surface area contributed by atoms with Gasteiger partial charge in [0.05, 0.1) is 16.8 Å². The minimum Gasteiger partial charge on any atom is -0.358 e. The Morgan fingerprint density at radius 1 is 1.26 bits per heavy atom. The second-order valence-electron chi connectivity index (χ2n) is 6.15. The molecule has 0 radical (unpaired) electrons. The fourth-order valence-electron chi connectivity index (χ4n) is 2.52. The van der Waals surface area contributed by atoms with Crippen molar-refractivity contribution in [1.29, 1.82) is 5.26 Å². The number of rotatable bonds is 2. The molecule has 1 aromatic carbocycles. The highest BCUT2D eigenvalue weighted by molar-refractivity contribution is 5.92. The van der Waals surface area contributed by atoms with E-state index < -0.39 is 11.7 Å². The Bertz CT molecular complexity index is 688. The molecule has 2 rings (SSSR count). The van der Waals surface area contributed by atoms with Crippen molar-refractivity contribution in [2.45, 2.75) is 32.9 Å². The van der Waals surface area contributed by atoms with Crippen LogP contribution in [0.25, 0.3) is 0 Å². The highest BCUT2D eigenvalue weighted by Gasteiger charge is 2.32. The molecule has 7 heteroatoms. The number of nitrogens with zero attached hydrogens (tertiary/aromatic N) is 1. The molecular formula is C16H16ClF3N2O. The molecule has 1 aromatic rings. The van der Waals surface area contributed by atoms with Crippen LogP contribution in [0.3, 0.4) is 0 Å². The van der Waals surface area contributed by atoms with E-state index in [1.807, 2.05) is 19.9 Å². The lowest BCUT2D eigenvalue weighted by atomic mass is 9.79. The molecule has 3 nitrogen and oxygen atoms in total. The molecule has 1 N–H and O–H groups in total. The van der Waals surface area contributed by atoms with Gasteiger partial charge < -0.3 is 5.32 Å². The first-order valence-corrected chi connectivity index (χ1v) is 6.72. The highest BCUT2D eigenvalue weighted by Crippen LogP contribution is 2.36. The van der Waals surface area contributed by atoms with Crippen LogP contribution in [0.5, 0.6) is 0 Å². The molecule has 0 aromatic heterocycles. The summed E-state index contributed by atoms with van der Waals surface area (Å²) in [6.45, 7) is 3.83. The van der Waals surface area contributed by atoms with Crippen molar-refractivity contribution in [1.82, 2.24) is 0 Å². The van der Waals surface area contributed by atoms with Crippen LogP contribution in [0.4, 0.5) is 18.9 Å². The Balaban J connectivity index is 0.00000264. The van der Waals surface area contributed by atoms with Crippen molar-refractivity contribution in [2.75, 3.05) is 5.32 Å². The van der Waals surface area contributed by atoms with Crippen LogP contribution in [0.15, 0.2) is 30.0 Å². The van der Waals surface area contributed by atoms with E-state index in [9.17, 15) is 18.0 Å². The zero-order valence-corrected chi connectivity index (χ0v) is 13.4. The Hall–Kier alpha value is -2.00. The van der Waals surface area contributed by atoms with Crippen molar-refractivity contribution in [2.24, 2.45) is 5.41 Å². The quantitative estimate of drug-likeness (QED) is 0.847. The molecule has 0 saturated carbocycles. The van der Waals surface area contributed by atoms with E-state index in [4.69, 9.17) is 5.26 Å². The van der Waals surface area contributed by atoms with Gasteiger partial charge in [-0.15, -0.1) is 12.4 Å². The van der Waals surface area contributed by atoms with Gasteiger partial charge in [0.15, 0.2) is 5.78 Å². The Kier molecular flexibility index (Phi) is 5.49. The number of hydrogen-bond acceptors (Lipinski definition) is 3. The zero-order chi connectivity index (χ0) is 16.5. The van der Waals surface area contributed by atoms with Crippen LogP contribution in [0.1, 0.15) is 37.8 Å². The van der Waals surface area contributed by atoms with Gasteiger partial charge in [0, 0.05) is 18.2 Å². The number of benzene rings is 1.